The van der Waals surface area contributed by atoms with Gasteiger partial charge in [0.15, 0.2) is 17.3 Å². The number of hydrogen-bond donors (Lipinski definition) is 0. The highest BCUT2D eigenvalue weighted by Crippen LogP contribution is 2.29. The average molecular weight is 438 g/mol. The monoisotopic (exact) mass is 437 g/mol. The van der Waals surface area contributed by atoms with Gasteiger partial charge in [0.25, 0.3) is 5.56 Å². The summed E-state index contributed by atoms with van der Waals surface area (Å²) in [6, 6.07) is 13.0. The third-order valence-electron chi connectivity index (χ3n) is 4.59. The van der Waals surface area contributed by atoms with Crippen LogP contribution < -0.4 is 24.3 Å². The highest BCUT2D eigenvalue weighted by Gasteiger charge is 2.13. The first-order valence-electron chi connectivity index (χ1n) is 9.85. The Kier molecular flexibility index (Phi) is 5.90. The lowest BCUT2D eigenvalue weighted by molar-refractivity contribution is 0.257. The summed E-state index contributed by atoms with van der Waals surface area (Å²) in [5.74, 6) is 2.98. The molecule has 0 fully saturated rings. The fraction of sp³-hybridized carbons (Fsp3) is 0.261. The summed E-state index contributed by atoms with van der Waals surface area (Å²) in [5.41, 5.74) is 1.46. The van der Waals surface area contributed by atoms with Crippen LogP contribution in [0.15, 0.2) is 47.3 Å². The number of thiazole rings is 1. The largest absolute Gasteiger partial charge is 0.497 e. The zero-order valence-electron chi connectivity index (χ0n) is 17.8. The van der Waals surface area contributed by atoms with Crippen molar-refractivity contribution in [3.05, 3.63) is 62.9 Å². The van der Waals surface area contributed by atoms with Gasteiger partial charge >= 0.3 is 0 Å². The number of nitrogens with zero attached hydrogens (tertiary/aromatic N) is 3. The molecular weight excluding hydrogens is 414 g/mol. The van der Waals surface area contributed by atoms with Gasteiger partial charge in [0.2, 0.25) is 4.96 Å². The maximum absolute atomic E-state index is 12.8. The quantitative estimate of drug-likeness (QED) is 0.441. The summed E-state index contributed by atoms with van der Waals surface area (Å²) in [6.07, 6.45) is 1.81. The molecule has 0 saturated carbocycles. The van der Waals surface area contributed by atoms with Gasteiger partial charge in [-0.15, -0.1) is 5.10 Å². The lowest BCUT2D eigenvalue weighted by Crippen LogP contribution is -2.23. The molecule has 7 nitrogen and oxygen atoms in total. The molecular formula is C23H23N3O4S. The number of benzene rings is 2. The minimum atomic E-state index is -0.202. The normalized spacial score (nSPS) is 12.0. The third kappa shape index (κ3) is 4.39. The topological polar surface area (TPSA) is 75.0 Å². The van der Waals surface area contributed by atoms with Crippen molar-refractivity contribution in [2.24, 2.45) is 5.92 Å². The van der Waals surface area contributed by atoms with Crippen LogP contribution >= 0.6 is 11.3 Å². The number of hydrogen-bond acceptors (Lipinski definition) is 7. The first-order chi connectivity index (χ1) is 15.0. The molecule has 31 heavy (non-hydrogen) atoms. The van der Waals surface area contributed by atoms with Gasteiger partial charge in [-0.3, -0.25) is 4.79 Å². The van der Waals surface area contributed by atoms with Crippen LogP contribution in [0.5, 0.6) is 17.2 Å². The Hall–Kier alpha value is -3.39. The lowest BCUT2D eigenvalue weighted by Gasteiger charge is -2.12. The molecule has 2 heterocycles. The maximum atomic E-state index is 12.8. The van der Waals surface area contributed by atoms with Crippen molar-refractivity contribution in [1.82, 2.24) is 14.6 Å². The number of fused-ring (bicyclic) bond motifs is 1. The van der Waals surface area contributed by atoms with Crippen molar-refractivity contribution in [3.8, 4) is 28.6 Å². The van der Waals surface area contributed by atoms with Crippen LogP contribution in [0, 0.1) is 5.92 Å². The van der Waals surface area contributed by atoms with Gasteiger partial charge < -0.3 is 14.2 Å². The first-order valence-corrected chi connectivity index (χ1v) is 10.7. The maximum Gasteiger partial charge on any atom is 0.291 e. The van der Waals surface area contributed by atoms with Gasteiger partial charge in [-0.05, 0) is 54.0 Å². The molecule has 0 saturated heterocycles. The third-order valence-corrected chi connectivity index (χ3v) is 5.55. The van der Waals surface area contributed by atoms with Gasteiger partial charge in [0, 0.05) is 5.56 Å². The number of methoxy groups -OCH3 is 2. The van der Waals surface area contributed by atoms with Crippen molar-refractivity contribution in [2.45, 2.75) is 13.8 Å². The lowest BCUT2D eigenvalue weighted by atomic mass is 10.2. The van der Waals surface area contributed by atoms with Crippen LogP contribution in [0.1, 0.15) is 19.4 Å². The van der Waals surface area contributed by atoms with E-state index in [2.05, 4.69) is 23.9 Å². The molecule has 2 aromatic heterocycles. The SMILES string of the molecule is COc1ccc(-c2nc3sc(=Cc4ccc(OCC(C)C)c(OC)c4)c(=O)n3n2)cc1. The Bertz CT molecular complexity index is 1310. The molecule has 8 heteroatoms. The van der Waals surface area contributed by atoms with E-state index in [1.54, 1.807) is 14.2 Å². The predicted molar refractivity (Wildman–Crippen MR) is 121 cm³/mol. The fourth-order valence-electron chi connectivity index (χ4n) is 3.00. The summed E-state index contributed by atoms with van der Waals surface area (Å²) in [5, 5.41) is 4.39. The van der Waals surface area contributed by atoms with Crippen molar-refractivity contribution >= 4 is 22.4 Å². The molecule has 0 spiro atoms. The van der Waals surface area contributed by atoms with Crippen LogP contribution in [-0.2, 0) is 0 Å². The second kappa shape index (κ2) is 8.77. The van der Waals surface area contributed by atoms with E-state index in [0.29, 0.717) is 39.3 Å². The van der Waals surface area contributed by atoms with Crippen LogP contribution in [0.3, 0.4) is 0 Å². The second-order valence-corrected chi connectivity index (χ2v) is 8.40. The molecule has 0 aliphatic rings. The highest BCUT2D eigenvalue weighted by molar-refractivity contribution is 7.15. The Balaban J connectivity index is 1.66. The van der Waals surface area contributed by atoms with E-state index in [1.807, 2.05) is 48.5 Å². The Morgan fingerprint density at radius 1 is 1.06 bits per heavy atom. The van der Waals surface area contributed by atoms with Crippen LogP contribution in [-0.4, -0.2) is 35.4 Å². The summed E-state index contributed by atoms with van der Waals surface area (Å²) < 4.78 is 18.3. The Labute approximate surface area is 183 Å². The van der Waals surface area contributed by atoms with E-state index in [1.165, 1.54) is 15.9 Å². The highest BCUT2D eigenvalue weighted by atomic mass is 32.1. The standard InChI is InChI=1S/C23H23N3O4S/c1-14(2)13-30-18-10-5-15(11-19(18)29-4)12-20-22(27)26-23(31-20)24-21(25-26)16-6-8-17(28-3)9-7-16/h5-12,14H,13H2,1-4H3. The van der Waals surface area contributed by atoms with Gasteiger partial charge in [-0.1, -0.05) is 31.3 Å². The smallest absolute Gasteiger partial charge is 0.291 e. The molecule has 160 valence electrons. The predicted octanol–water partition coefficient (Wildman–Crippen LogP) is 3.42. The fourth-order valence-corrected chi connectivity index (χ4v) is 3.90. The van der Waals surface area contributed by atoms with Crippen molar-refractivity contribution < 1.29 is 14.2 Å². The molecule has 0 radical (unpaired) electrons. The van der Waals surface area contributed by atoms with E-state index in [0.717, 1.165) is 16.9 Å². The molecule has 2 aromatic carbocycles. The van der Waals surface area contributed by atoms with Gasteiger partial charge in [-0.2, -0.15) is 9.50 Å². The molecule has 0 atom stereocenters. The van der Waals surface area contributed by atoms with Gasteiger partial charge in [0.1, 0.15) is 5.75 Å². The molecule has 0 bridgehead atoms. The van der Waals surface area contributed by atoms with Crippen LogP contribution in [0.25, 0.3) is 22.4 Å². The van der Waals surface area contributed by atoms with E-state index >= 15 is 0 Å². The van der Waals surface area contributed by atoms with Gasteiger partial charge in [-0.25, -0.2) is 0 Å². The van der Waals surface area contributed by atoms with E-state index in [9.17, 15) is 4.79 Å². The summed E-state index contributed by atoms with van der Waals surface area (Å²) in [4.78, 5) is 17.9. The Morgan fingerprint density at radius 2 is 1.84 bits per heavy atom. The van der Waals surface area contributed by atoms with Crippen LogP contribution in [0.4, 0.5) is 0 Å². The Morgan fingerprint density at radius 3 is 2.48 bits per heavy atom. The molecule has 0 unspecified atom stereocenters. The van der Waals surface area contributed by atoms with E-state index in [4.69, 9.17) is 14.2 Å². The molecule has 0 aliphatic carbocycles. The zero-order chi connectivity index (χ0) is 22.0. The number of aromatic nitrogens is 3. The summed E-state index contributed by atoms with van der Waals surface area (Å²) in [6.45, 7) is 4.78. The van der Waals surface area contributed by atoms with Crippen molar-refractivity contribution in [1.29, 1.82) is 0 Å². The molecule has 4 rings (SSSR count). The number of ether oxygens (including phenoxy) is 3. The molecule has 0 N–H and O–H groups in total. The molecule has 0 aliphatic heterocycles. The van der Waals surface area contributed by atoms with Gasteiger partial charge in [0.05, 0.1) is 25.4 Å². The summed E-state index contributed by atoms with van der Waals surface area (Å²) >= 11 is 1.30. The van der Waals surface area contributed by atoms with E-state index < -0.39 is 0 Å². The first kappa shape index (κ1) is 20.9. The number of rotatable bonds is 7. The minimum absolute atomic E-state index is 0.202. The molecule has 0 amide bonds. The van der Waals surface area contributed by atoms with Crippen molar-refractivity contribution in [2.75, 3.05) is 20.8 Å². The van der Waals surface area contributed by atoms with Crippen LogP contribution in [0.2, 0.25) is 0 Å². The van der Waals surface area contributed by atoms with E-state index in [-0.39, 0.29) is 5.56 Å². The zero-order valence-corrected chi connectivity index (χ0v) is 18.6. The molecule has 4 aromatic rings. The average Bonchev–Trinajstić information content (AvgIpc) is 3.32. The minimum Gasteiger partial charge on any atom is -0.497 e. The van der Waals surface area contributed by atoms with Crippen molar-refractivity contribution in [3.63, 3.8) is 0 Å². The second-order valence-electron chi connectivity index (χ2n) is 7.39. The summed E-state index contributed by atoms with van der Waals surface area (Å²) in [7, 11) is 3.22.